The van der Waals surface area contributed by atoms with Crippen LogP contribution in [0, 0.1) is 3.57 Å². The van der Waals surface area contributed by atoms with Gasteiger partial charge in [0.1, 0.15) is 0 Å². The van der Waals surface area contributed by atoms with Crippen LogP contribution in [0.15, 0.2) is 54.6 Å². The van der Waals surface area contributed by atoms with Gasteiger partial charge in [-0.3, -0.25) is 4.79 Å². The van der Waals surface area contributed by atoms with Gasteiger partial charge in [-0.15, -0.1) is 0 Å². The second kappa shape index (κ2) is 9.42. The van der Waals surface area contributed by atoms with Crippen LogP contribution < -0.4 is 5.32 Å². The molecular weight excluding hydrogens is 417 g/mol. The Bertz CT molecular complexity index is 688. The van der Waals surface area contributed by atoms with Crippen molar-refractivity contribution in [3.8, 4) is 0 Å². The molecule has 0 saturated carbocycles. The van der Waals surface area contributed by atoms with Crippen molar-refractivity contribution in [1.82, 2.24) is 5.32 Å². The molecule has 24 heavy (non-hydrogen) atoms. The summed E-state index contributed by atoms with van der Waals surface area (Å²) in [6, 6.07) is 16.9. The third-order valence-corrected chi connectivity index (χ3v) is 4.48. The van der Waals surface area contributed by atoms with E-state index in [1.807, 2.05) is 42.5 Å². The number of benzene rings is 2. The molecule has 5 heteroatoms. The summed E-state index contributed by atoms with van der Waals surface area (Å²) in [5, 5.41) is 2.94. The van der Waals surface area contributed by atoms with Crippen molar-refractivity contribution in [3.05, 3.63) is 69.3 Å². The molecular formula is C19H20INO3. The number of esters is 1. The first-order valence-corrected chi connectivity index (χ1v) is 8.95. The predicted molar refractivity (Wildman–Crippen MR) is 102 cm³/mol. The van der Waals surface area contributed by atoms with Gasteiger partial charge < -0.3 is 10.1 Å². The summed E-state index contributed by atoms with van der Waals surface area (Å²) in [5.74, 6) is -0.779. The molecule has 0 bridgehead atoms. The molecule has 0 heterocycles. The van der Waals surface area contributed by atoms with Crippen LogP contribution in [0.25, 0.3) is 0 Å². The monoisotopic (exact) mass is 437 g/mol. The highest BCUT2D eigenvalue weighted by atomic mass is 127. The predicted octanol–water partition coefficient (Wildman–Crippen LogP) is 4.11. The van der Waals surface area contributed by atoms with Crippen LogP contribution in [0.3, 0.4) is 0 Å². The Balaban J connectivity index is 1.92. The van der Waals surface area contributed by atoms with E-state index in [-0.39, 0.29) is 18.6 Å². The van der Waals surface area contributed by atoms with Crippen LogP contribution in [-0.2, 0) is 9.53 Å². The number of nitrogens with one attached hydrogen (secondary N) is 1. The van der Waals surface area contributed by atoms with Crippen molar-refractivity contribution < 1.29 is 14.3 Å². The Labute approximate surface area is 155 Å². The molecule has 0 saturated heterocycles. The lowest BCUT2D eigenvalue weighted by Crippen LogP contribution is -2.32. The molecule has 126 valence electrons. The minimum atomic E-state index is -0.484. The van der Waals surface area contributed by atoms with Crippen LogP contribution in [0.2, 0.25) is 0 Å². The molecule has 0 aliphatic rings. The highest BCUT2D eigenvalue weighted by molar-refractivity contribution is 14.1. The standard InChI is InChI=1S/C19H20INO3/c1-2-8-17(14-9-4-3-5-10-14)21-18(22)13-24-19(23)15-11-6-7-12-16(15)20/h3-7,9-12,17H,2,8,13H2,1H3,(H,21,22). The Morgan fingerprint density at radius 1 is 1.08 bits per heavy atom. The lowest BCUT2D eigenvalue weighted by atomic mass is 10.0. The maximum Gasteiger partial charge on any atom is 0.339 e. The Kier molecular flexibility index (Phi) is 7.24. The molecule has 1 atom stereocenters. The first-order valence-electron chi connectivity index (χ1n) is 7.87. The summed E-state index contributed by atoms with van der Waals surface area (Å²) in [7, 11) is 0. The molecule has 0 aliphatic heterocycles. The van der Waals surface area contributed by atoms with Crippen molar-refractivity contribution in [2.45, 2.75) is 25.8 Å². The van der Waals surface area contributed by atoms with Crippen molar-refractivity contribution >= 4 is 34.5 Å². The largest absolute Gasteiger partial charge is 0.452 e. The summed E-state index contributed by atoms with van der Waals surface area (Å²) < 4.78 is 5.93. The lowest BCUT2D eigenvalue weighted by Gasteiger charge is -2.18. The van der Waals surface area contributed by atoms with Gasteiger partial charge in [-0.1, -0.05) is 55.8 Å². The van der Waals surface area contributed by atoms with Gasteiger partial charge in [-0.05, 0) is 46.7 Å². The average molecular weight is 437 g/mol. The first kappa shape index (κ1) is 18.4. The topological polar surface area (TPSA) is 55.4 Å². The van der Waals surface area contributed by atoms with E-state index in [2.05, 4.69) is 34.8 Å². The first-order chi connectivity index (χ1) is 11.6. The van der Waals surface area contributed by atoms with Gasteiger partial charge in [0, 0.05) is 3.57 Å². The van der Waals surface area contributed by atoms with Crippen LogP contribution in [0.5, 0.6) is 0 Å². The SMILES string of the molecule is CCCC(NC(=O)COC(=O)c1ccccc1I)c1ccccc1. The minimum absolute atomic E-state index is 0.0701. The molecule has 0 fully saturated rings. The molecule has 0 aromatic heterocycles. The minimum Gasteiger partial charge on any atom is -0.452 e. The second-order valence-electron chi connectivity index (χ2n) is 5.38. The van der Waals surface area contributed by atoms with Crippen LogP contribution in [-0.4, -0.2) is 18.5 Å². The quantitative estimate of drug-likeness (QED) is 0.524. The zero-order valence-electron chi connectivity index (χ0n) is 13.5. The summed E-state index contributed by atoms with van der Waals surface area (Å²) in [4.78, 5) is 24.2. The summed E-state index contributed by atoms with van der Waals surface area (Å²) in [5.41, 5.74) is 1.52. The highest BCUT2D eigenvalue weighted by Gasteiger charge is 2.16. The second-order valence-corrected chi connectivity index (χ2v) is 6.54. The van der Waals surface area contributed by atoms with Crippen molar-refractivity contribution in [3.63, 3.8) is 0 Å². The zero-order chi connectivity index (χ0) is 17.4. The zero-order valence-corrected chi connectivity index (χ0v) is 15.7. The van der Waals surface area contributed by atoms with Crippen molar-refractivity contribution in [2.24, 2.45) is 0 Å². The van der Waals surface area contributed by atoms with Gasteiger partial charge in [0.2, 0.25) is 0 Å². The summed E-state index contributed by atoms with van der Waals surface area (Å²) >= 11 is 2.07. The smallest absolute Gasteiger partial charge is 0.339 e. The van der Waals surface area contributed by atoms with Crippen LogP contribution >= 0.6 is 22.6 Å². The molecule has 2 aromatic carbocycles. The van der Waals surface area contributed by atoms with Crippen LogP contribution in [0.4, 0.5) is 0 Å². The Morgan fingerprint density at radius 3 is 2.42 bits per heavy atom. The molecule has 1 amide bonds. The third kappa shape index (κ3) is 5.33. The molecule has 2 aromatic rings. The highest BCUT2D eigenvalue weighted by Crippen LogP contribution is 2.18. The van der Waals surface area contributed by atoms with Crippen molar-refractivity contribution in [2.75, 3.05) is 6.61 Å². The van der Waals surface area contributed by atoms with Gasteiger partial charge in [-0.25, -0.2) is 4.79 Å². The fourth-order valence-electron chi connectivity index (χ4n) is 2.37. The van der Waals surface area contributed by atoms with Crippen LogP contribution in [0.1, 0.15) is 41.7 Å². The molecule has 4 nitrogen and oxygen atoms in total. The van der Waals surface area contributed by atoms with E-state index in [1.54, 1.807) is 12.1 Å². The average Bonchev–Trinajstić information content (AvgIpc) is 2.60. The van der Waals surface area contributed by atoms with E-state index >= 15 is 0 Å². The Morgan fingerprint density at radius 2 is 1.75 bits per heavy atom. The number of hydrogen-bond acceptors (Lipinski definition) is 3. The van der Waals surface area contributed by atoms with Gasteiger partial charge in [-0.2, -0.15) is 0 Å². The van der Waals surface area contributed by atoms with Gasteiger partial charge in [0.05, 0.1) is 11.6 Å². The van der Waals surface area contributed by atoms with E-state index in [9.17, 15) is 9.59 Å². The molecule has 0 aliphatic carbocycles. The van der Waals surface area contributed by atoms with E-state index in [1.165, 1.54) is 0 Å². The number of rotatable bonds is 7. The number of ether oxygens (including phenoxy) is 1. The molecule has 1 N–H and O–H groups in total. The maximum atomic E-state index is 12.1. The van der Waals surface area contributed by atoms with E-state index in [0.717, 1.165) is 22.0 Å². The maximum absolute atomic E-state index is 12.1. The molecule has 0 radical (unpaired) electrons. The number of hydrogen-bond donors (Lipinski definition) is 1. The van der Waals surface area contributed by atoms with Gasteiger partial charge in [0.15, 0.2) is 6.61 Å². The normalized spacial score (nSPS) is 11.6. The molecule has 0 spiro atoms. The van der Waals surface area contributed by atoms with Gasteiger partial charge in [0.25, 0.3) is 5.91 Å². The number of halogens is 1. The number of amides is 1. The number of carbonyl (C=O) groups excluding carboxylic acids is 2. The van der Waals surface area contributed by atoms with E-state index in [4.69, 9.17) is 4.74 Å². The van der Waals surface area contributed by atoms with Crippen molar-refractivity contribution in [1.29, 1.82) is 0 Å². The summed E-state index contributed by atoms with van der Waals surface area (Å²) in [6.45, 7) is 1.79. The van der Waals surface area contributed by atoms with E-state index < -0.39 is 5.97 Å². The van der Waals surface area contributed by atoms with E-state index in [0.29, 0.717) is 5.56 Å². The molecule has 2 rings (SSSR count). The third-order valence-electron chi connectivity index (χ3n) is 3.54. The fourth-order valence-corrected chi connectivity index (χ4v) is 2.98. The molecule has 1 unspecified atom stereocenters. The summed E-state index contributed by atoms with van der Waals surface area (Å²) in [6.07, 6.45) is 1.78. The Hall–Kier alpha value is -1.89. The fraction of sp³-hybridized carbons (Fsp3) is 0.263. The number of carbonyl (C=O) groups is 2. The lowest BCUT2D eigenvalue weighted by molar-refractivity contribution is -0.125. The van der Waals surface area contributed by atoms with Gasteiger partial charge >= 0.3 is 5.97 Å².